The maximum Gasteiger partial charge on any atom is 0.295 e. The molecule has 1 heterocycles. The molecule has 1 aliphatic rings. The quantitative estimate of drug-likeness (QED) is 0.299. The molecule has 1 atom stereocenters. The molecule has 0 aliphatic carbocycles. The Morgan fingerprint density at radius 1 is 0.914 bits per heavy atom. The summed E-state index contributed by atoms with van der Waals surface area (Å²) >= 11 is 0. The monoisotopic (exact) mass is 471 g/mol. The van der Waals surface area contributed by atoms with Crippen molar-refractivity contribution in [3.05, 3.63) is 100 Å². The Labute approximate surface area is 205 Å². The summed E-state index contributed by atoms with van der Waals surface area (Å²) < 4.78 is 10.8. The summed E-state index contributed by atoms with van der Waals surface area (Å²) in [6, 6.07) is 20.0. The Bertz CT molecular complexity index is 1300. The van der Waals surface area contributed by atoms with Gasteiger partial charge in [-0.15, -0.1) is 0 Å². The number of nitrogens with zero attached hydrogens (tertiary/aromatic N) is 1. The van der Waals surface area contributed by atoms with Crippen LogP contribution in [-0.4, -0.2) is 42.5 Å². The first-order valence-electron chi connectivity index (χ1n) is 11.5. The molecule has 1 N–H and O–H groups in total. The lowest BCUT2D eigenvalue weighted by Crippen LogP contribution is -2.31. The van der Waals surface area contributed by atoms with Crippen LogP contribution in [0.15, 0.2) is 72.3 Å². The van der Waals surface area contributed by atoms with Crippen LogP contribution in [0.4, 0.5) is 0 Å². The van der Waals surface area contributed by atoms with Crippen molar-refractivity contribution in [2.24, 2.45) is 0 Å². The van der Waals surface area contributed by atoms with Gasteiger partial charge in [-0.25, -0.2) is 0 Å². The van der Waals surface area contributed by atoms with Crippen LogP contribution in [0.25, 0.3) is 5.76 Å². The van der Waals surface area contributed by atoms with E-state index in [4.69, 9.17) is 9.47 Å². The molecule has 1 amide bonds. The van der Waals surface area contributed by atoms with Gasteiger partial charge in [0.25, 0.3) is 11.7 Å². The number of ketones is 1. The molecular weight excluding hydrogens is 442 g/mol. The van der Waals surface area contributed by atoms with Gasteiger partial charge < -0.3 is 19.5 Å². The van der Waals surface area contributed by atoms with E-state index >= 15 is 0 Å². The van der Waals surface area contributed by atoms with E-state index in [2.05, 4.69) is 0 Å². The number of ether oxygens (including phenoxy) is 2. The predicted octanol–water partition coefficient (Wildman–Crippen LogP) is 4.99. The van der Waals surface area contributed by atoms with Crippen molar-refractivity contribution in [3.8, 4) is 11.5 Å². The standard InChI is InChI=1S/C29H29NO5/c1-18-10-11-19(2)22(16-18)27(31)25-26(21-12-13-23(34-3)24(17-21)35-4)30(29(33)28(25)32)15-14-20-8-6-5-7-9-20/h5-13,16-17,26,31H,14-15H2,1-4H3. The molecule has 1 saturated heterocycles. The molecule has 1 aliphatic heterocycles. The second-order valence-corrected chi connectivity index (χ2v) is 8.66. The third kappa shape index (κ3) is 4.64. The summed E-state index contributed by atoms with van der Waals surface area (Å²) in [6.45, 7) is 4.10. The van der Waals surface area contributed by atoms with E-state index in [0.29, 0.717) is 35.6 Å². The highest BCUT2D eigenvalue weighted by atomic mass is 16.5. The van der Waals surface area contributed by atoms with E-state index in [-0.39, 0.29) is 11.3 Å². The van der Waals surface area contributed by atoms with Gasteiger partial charge in [-0.2, -0.15) is 0 Å². The number of amides is 1. The molecule has 1 unspecified atom stereocenters. The molecule has 6 heteroatoms. The number of rotatable bonds is 7. The zero-order valence-electron chi connectivity index (χ0n) is 20.4. The smallest absolute Gasteiger partial charge is 0.295 e. The number of aliphatic hydroxyl groups excluding tert-OH is 1. The number of aryl methyl sites for hydroxylation is 2. The van der Waals surface area contributed by atoms with E-state index in [9.17, 15) is 14.7 Å². The first-order valence-corrected chi connectivity index (χ1v) is 11.5. The van der Waals surface area contributed by atoms with E-state index in [1.54, 1.807) is 25.3 Å². The number of carbonyl (C=O) groups is 2. The first kappa shape index (κ1) is 24.1. The van der Waals surface area contributed by atoms with Crippen LogP contribution in [0, 0.1) is 13.8 Å². The molecule has 0 bridgehead atoms. The lowest BCUT2D eigenvalue weighted by atomic mass is 9.93. The Balaban J connectivity index is 1.86. The van der Waals surface area contributed by atoms with Crippen molar-refractivity contribution in [1.82, 2.24) is 4.90 Å². The summed E-state index contributed by atoms with van der Waals surface area (Å²) in [5.41, 5.74) is 4.07. The summed E-state index contributed by atoms with van der Waals surface area (Å²) in [5, 5.41) is 11.4. The van der Waals surface area contributed by atoms with Gasteiger partial charge in [-0.1, -0.05) is 54.1 Å². The highest BCUT2D eigenvalue weighted by molar-refractivity contribution is 6.46. The van der Waals surface area contributed by atoms with Crippen molar-refractivity contribution in [2.45, 2.75) is 26.3 Å². The molecule has 0 aromatic heterocycles. The molecule has 35 heavy (non-hydrogen) atoms. The van der Waals surface area contributed by atoms with Crippen molar-refractivity contribution in [1.29, 1.82) is 0 Å². The van der Waals surface area contributed by atoms with Crippen LogP contribution >= 0.6 is 0 Å². The summed E-state index contributed by atoms with van der Waals surface area (Å²) in [4.78, 5) is 28.1. The third-order valence-electron chi connectivity index (χ3n) is 6.40. The molecule has 6 nitrogen and oxygen atoms in total. The Kier molecular flexibility index (Phi) is 6.92. The maximum absolute atomic E-state index is 13.3. The summed E-state index contributed by atoms with van der Waals surface area (Å²) in [5.74, 6) is -0.493. The molecular formula is C29H29NO5. The van der Waals surface area contributed by atoms with Crippen LogP contribution in [0.3, 0.4) is 0 Å². The molecule has 1 fully saturated rings. The van der Waals surface area contributed by atoms with Gasteiger partial charge in [-0.05, 0) is 55.2 Å². The fourth-order valence-electron chi connectivity index (χ4n) is 4.51. The minimum atomic E-state index is -0.765. The van der Waals surface area contributed by atoms with Crippen LogP contribution in [0.1, 0.15) is 33.9 Å². The molecule has 180 valence electrons. The normalized spacial score (nSPS) is 17.0. The molecule has 3 aromatic carbocycles. The Morgan fingerprint density at radius 2 is 1.63 bits per heavy atom. The van der Waals surface area contributed by atoms with Gasteiger partial charge in [0.2, 0.25) is 0 Å². The van der Waals surface area contributed by atoms with Gasteiger partial charge in [0, 0.05) is 12.1 Å². The predicted molar refractivity (Wildman–Crippen MR) is 135 cm³/mol. The number of carbonyl (C=O) groups excluding carboxylic acids is 2. The van der Waals surface area contributed by atoms with Crippen molar-refractivity contribution >= 4 is 17.4 Å². The average molecular weight is 472 g/mol. The number of hydrogen-bond acceptors (Lipinski definition) is 5. The van der Waals surface area contributed by atoms with Gasteiger partial charge >= 0.3 is 0 Å². The van der Waals surface area contributed by atoms with Gasteiger partial charge in [0.1, 0.15) is 5.76 Å². The lowest BCUT2D eigenvalue weighted by molar-refractivity contribution is -0.139. The Hall–Kier alpha value is -4.06. The summed E-state index contributed by atoms with van der Waals surface area (Å²) in [6.07, 6.45) is 0.571. The van der Waals surface area contributed by atoms with Crippen LogP contribution in [-0.2, 0) is 16.0 Å². The van der Waals surface area contributed by atoms with Crippen molar-refractivity contribution in [2.75, 3.05) is 20.8 Å². The highest BCUT2D eigenvalue weighted by Crippen LogP contribution is 2.42. The van der Waals surface area contributed by atoms with Crippen molar-refractivity contribution < 1.29 is 24.2 Å². The van der Waals surface area contributed by atoms with Crippen molar-refractivity contribution in [3.63, 3.8) is 0 Å². The lowest BCUT2D eigenvalue weighted by Gasteiger charge is -2.26. The molecule has 0 radical (unpaired) electrons. The van der Waals surface area contributed by atoms with Gasteiger partial charge in [0.15, 0.2) is 11.5 Å². The van der Waals surface area contributed by atoms with E-state index < -0.39 is 17.7 Å². The molecule has 3 aromatic rings. The van der Waals surface area contributed by atoms with E-state index in [1.807, 2.05) is 62.4 Å². The maximum atomic E-state index is 13.3. The van der Waals surface area contributed by atoms with Crippen LogP contribution in [0.2, 0.25) is 0 Å². The zero-order chi connectivity index (χ0) is 25.1. The number of Topliss-reactive ketones (excluding diaryl/α,β-unsaturated/α-hetero) is 1. The van der Waals surface area contributed by atoms with Gasteiger partial charge in [0.05, 0.1) is 25.8 Å². The number of aliphatic hydroxyl groups is 1. The van der Waals surface area contributed by atoms with Gasteiger partial charge in [-0.3, -0.25) is 9.59 Å². The first-order chi connectivity index (χ1) is 16.8. The third-order valence-corrected chi connectivity index (χ3v) is 6.40. The van der Waals surface area contributed by atoms with Crippen LogP contribution < -0.4 is 9.47 Å². The number of likely N-dealkylation sites (tertiary alicyclic amines) is 1. The largest absolute Gasteiger partial charge is 0.507 e. The fourth-order valence-corrected chi connectivity index (χ4v) is 4.51. The van der Waals surface area contributed by atoms with Crippen LogP contribution in [0.5, 0.6) is 11.5 Å². The topological polar surface area (TPSA) is 76.1 Å². The zero-order valence-corrected chi connectivity index (χ0v) is 20.4. The second-order valence-electron chi connectivity index (χ2n) is 8.66. The summed E-state index contributed by atoms with van der Waals surface area (Å²) in [7, 11) is 3.08. The highest BCUT2D eigenvalue weighted by Gasteiger charge is 2.46. The molecule has 4 rings (SSSR count). The minimum absolute atomic E-state index is 0.0731. The number of benzene rings is 3. The molecule has 0 saturated carbocycles. The second kappa shape index (κ2) is 10.1. The van der Waals surface area contributed by atoms with E-state index in [0.717, 1.165) is 16.7 Å². The average Bonchev–Trinajstić information content (AvgIpc) is 3.13. The number of hydrogen-bond donors (Lipinski definition) is 1. The molecule has 0 spiro atoms. The Morgan fingerprint density at radius 3 is 2.31 bits per heavy atom. The minimum Gasteiger partial charge on any atom is -0.507 e. The fraction of sp³-hybridized carbons (Fsp3) is 0.241. The SMILES string of the molecule is COc1ccc(C2C(=C(O)c3cc(C)ccc3C)C(=O)C(=O)N2CCc2ccccc2)cc1OC. The van der Waals surface area contributed by atoms with E-state index in [1.165, 1.54) is 12.0 Å². The number of methoxy groups -OCH3 is 2.